The van der Waals surface area contributed by atoms with Crippen LogP contribution in [0.1, 0.15) is 12.8 Å². The van der Waals surface area contributed by atoms with Gasteiger partial charge in [-0.05, 0) is 12.8 Å². The summed E-state index contributed by atoms with van der Waals surface area (Å²) in [7, 11) is 0. The first-order valence-corrected chi connectivity index (χ1v) is 3.78. The fourth-order valence-electron chi connectivity index (χ4n) is 1.25. The number of nitrogens with two attached hydrogens (primary N) is 1. The van der Waals surface area contributed by atoms with E-state index in [1.54, 1.807) is 0 Å². The Morgan fingerprint density at radius 3 is 2.73 bits per heavy atom. The predicted octanol–water partition coefficient (Wildman–Crippen LogP) is -0.175. The minimum atomic E-state index is -0.803. The largest absolute Gasteiger partial charge is 0.481 e. The van der Waals surface area contributed by atoms with E-state index in [9.17, 15) is 4.79 Å². The average Bonchev–Trinajstić information content (AvgIpc) is 2.13. The third-order valence-corrected chi connectivity index (χ3v) is 2.00. The van der Waals surface area contributed by atoms with Crippen LogP contribution in [0.25, 0.3) is 0 Å². The molecule has 1 rings (SSSR count). The van der Waals surface area contributed by atoms with E-state index < -0.39 is 11.9 Å². The Hall–Kier alpha value is -0.610. The number of aliphatic carboxylic acids is 1. The second-order valence-electron chi connectivity index (χ2n) is 2.80. The Morgan fingerprint density at radius 2 is 2.09 bits per heavy atom. The zero-order chi connectivity index (χ0) is 8.27. The number of rotatable bonds is 1. The van der Waals surface area contributed by atoms with Crippen LogP contribution < -0.4 is 5.73 Å². The highest BCUT2D eigenvalue weighted by Gasteiger charge is 2.26. The first-order chi connectivity index (χ1) is 5.22. The highest BCUT2D eigenvalue weighted by atomic mass is 16.5. The summed E-state index contributed by atoms with van der Waals surface area (Å²) in [5.74, 6) is -1.22. The molecule has 0 aromatic rings. The molecular formula is C7H13NO3. The van der Waals surface area contributed by atoms with Gasteiger partial charge in [-0.1, -0.05) is 0 Å². The van der Waals surface area contributed by atoms with Gasteiger partial charge >= 0.3 is 5.97 Å². The molecule has 0 radical (unpaired) electrons. The third kappa shape index (κ3) is 2.17. The van der Waals surface area contributed by atoms with Crippen molar-refractivity contribution in [2.75, 3.05) is 13.2 Å². The van der Waals surface area contributed by atoms with Gasteiger partial charge in [-0.3, -0.25) is 4.79 Å². The molecule has 1 aliphatic rings. The van der Waals surface area contributed by atoms with Gasteiger partial charge in [-0.2, -0.15) is 0 Å². The molecule has 4 nitrogen and oxygen atoms in total. The van der Waals surface area contributed by atoms with Crippen LogP contribution in [0.5, 0.6) is 0 Å². The fraction of sp³-hybridized carbons (Fsp3) is 0.857. The number of hydrogen-bond donors (Lipinski definition) is 2. The van der Waals surface area contributed by atoms with E-state index in [2.05, 4.69) is 0 Å². The molecule has 64 valence electrons. The smallest absolute Gasteiger partial charge is 0.308 e. The quantitative estimate of drug-likeness (QED) is 0.557. The van der Waals surface area contributed by atoms with Crippen LogP contribution in [0.4, 0.5) is 0 Å². The van der Waals surface area contributed by atoms with Crippen molar-refractivity contribution < 1.29 is 14.6 Å². The van der Waals surface area contributed by atoms with Gasteiger partial charge in [0.15, 0.2) is 0 Å². The van der Waals surface area contributed by atoms with Crippen molar-refractivity contribution in [3.05, 3.63) is 0 Å². The van der Waals surface area contributed by atoms with Gasteiger partial charge in [0.2, 0.25) is 0 Å². The number of carboxylic acid groups (broad SMARTS) is 1. The normalized spacial score (nSPS) is 32.8. The van der Waals surface area contributed by atoms with E-state index in [0.29, 0.717) is 26.1 Å². The van der Waals surface area contributed by atoms with Gasteiger partial charge in [-0.25, -0.2) is 0 Å². The lowest BCUT2D eigenvalue weighted by atomic mass is 9.96. The van der Waals surface area contributed by atoms with E-state index in [1.165, 1.54) is 0 Å². The molecule has 11 heavy (non-hydrogen) atoms. The molecule has 2 atom stereocenters. The summed E-state index contributed by atoms with van der Waals surface area (Å²) in [6, 6.07) is -0.241. The number of hydrogen-bond acceptors (Lipinski definition) is 3. The summed E-state index contributed by atoms with van der Waals surface area (Å²) in [5.41, 5.74) is 5.62. The highest BCUT2D eigenvalue weighted by Crippen LogP contribution is 2.14. The summed E-state index contributed by atoms with van der Waals surface area (Å²) in [4.78, 5) is 10.6. The Bertz CT molecular complexity index is 149. The lowest BCUT2D eigenvalue weighted by molar-refractivity contribution is -0.142. The molecule has 3 N–H and O–H groups in total. The highest BCUT2D eigenvalue weighted by molar-refractivity contribution is 5.70. The minimum Gasteiger partial charge on any atom is -0.481 e. The molecule has 0 aliphatic carbocycles. The first-order valence-electron chi connectivity index (χ1n) is 3.78. The standard InChI is InChI=1S/C7H13NO3/c8-6-2-4-11-3-1-5(6)7(9)10/h5-6H,1-4,8H2,(H,9,10). The van der Waals surface area contributed by atoms with E-state index in [-0.39, 0.29) is 6.04 Å². The van der Waals surface area contributed by atoms with Crippen molar-refractivity contribution in [3.8, 4) is 0 Å². The maximum absolute atomic E-state index is 10.6. The predicted molar refractivity (Wildman–Crippen MR) is 39.2 cm³/mol. The molecule has 1 saturated heterocycles. The molecule has 1 fully saturated rings. The third-order valence-electron chi connectivity index (χ3n) is 2.00. The van der Waals surface area contributed by atoms with E-state index in [4.69, 9.17) is 15.6 Å². The van der Waals surface area contributed by atoms with Gasteiger partial charge < -0.3 is 15.6 Å². The van der Waals surface area contributed by atoms with Gasteiger partial charge in [0, 0.05) is 19.3 Å². The summed E-state index contributed by atoms with van der Waals surface area (Å²) in [5, 5.41) is 8.70. The van der Waals surface area contributed by atoms with Gasteiger partial charge in [0.25, 0.3) is 0 Å². The molecule has 0 aromatic carbocycles. The van der Waals surface area contributed by atoms with Crippen LogP contribution >= 0.6 is 0 Å². The zero-order valence-electron chi connectivity index (χ0n) is 6.32. The van der Waals surface area contributed by atoms with E-state index >= 15 is 0 Å². The zero-order valence-corrected chi connectivity index (χ0v) is 6.32. The maximum Gasteiger partial charge on any atom is 0.308 e. The second-order valence-corrected chi connectivity index (χ2v) is 2.80. The van der Waals surface area contributed by atoms with Crippen molar-refractivity contribution >= 4 is 5.97 Å². The number of carboxylic acids is 1. The van der Waals surface area contributed by atoms with Crippen LogP contribution in [0.3, 0.4) is 0 Å². The van der Waals surface area contributed by atoms with Gasteiger partial charge in [0.05, 0.1) is 5.92 Å². The number of carbonyl (C=O) groups is 1. The molecule has 1 heterocycles. The van der Waals surface area contributed by atoms with Crippen LogP contribution in [0.15, 0.2) is 0 Å². The van der Waals surface area contributed by atoms with Gasteiger partial charge in [0.1, 0.15) is 0 Å². The topological polar surface area (TPSA) is 72.5 Å². The minimum absolute atomic E-state index is 0.241. The Morgan fingerprint density at radius 1 is 1.45 bits per heavy atom. The van der Waals surface area contributed by atoms with Crippen LogP contribution in [-0.2, 0) is 9.53 Å². The monoisotopic (exact) mass is 159 g/mol. The molecule has 2 unspecified atom stereocenters. The lowest BCUT2D eigenvalue weighted by Crippen LogP contribution is -2.35. The van der Waals surface area contributed by atoms with E-state index in [0.717, 1.165) is 0 Å². The summed E-state index contributed by atoms with van der Waals surface area (Å²) in [6.07, 6.45) is 1.19. The van der Waals surface area contributed by atoms with Crippen molar-refractivity contribution in [2.45, 2.75) is 18.9 Å². The SMILES string of the molecule is NC1CCOCCC1C(=O)O. The van der Waals surface area contributed by atoms with Crippen molar-refractivity contribution in [2.24, 2.45) is 11.7 Å². The average molecular weight is 159 g/mol. The van der Waals surface area contributed by atoms with Crippen molar-refractivity contribution in [1.29, 1.82) is 0 Å². The molecular weight excluding hydrogens is 146 g/mol. The van der Waals surface area contributed by atoms with E-state index in [1.807, 2.05) is 0 Å². The molecule has 0 aromatic heterocycles. The maximum atomic E-state index is 10.6. The summed E-state index contributed by atoms with van der Waals surface area (Å²) in [6.45, 7) is 1.11. The van der Waals surface area contributed by atoms with Gasteiger partial charge in [-0.15, -0.1) is 0 Å². The molecule has 1 aliphatic heterocycles. The Labute approximate surface area is 65.3 Å². The van der Waals surface area contributed by atoms with Crippen LogP contribution in [0.2, 0.25) is 0 Å². The van der Waals surface area contributed by atoms with Crippen molar-refractivity contribution in [1.82, 2.24) is 0 Å². The molecule has 4 heteroatoms. The summed E-state index contributed by atoms with van der Waals surface area (Å²) < 4.78 is 5.10. The second kappa shape index (κ2) is 3.69. The molecule has 0 saturated carbocycles. The van der Waals surface area contributed by atoms with Crippen LogP contribution in [0, 0.1) is 5.92 Å². The molecule has 0 bridgehead atoms. The molecule has 0 spiro atoms. The fourth-order valence-corrected chi connectivity index (χ4v) is 1.25. The molecule has 0 amide bonds. The number of ether oxygens (including phenoxy) is 1. The first kappa shape index (κ1) is 8.49. The van der Waals surface area contributed by atoms with Crippen LogP contribution in [-0.4, -0.2) is 30.3 Å². The Balaban J connectivity index is 2.52. The lowest BCUT2D eigenvalue weighted by Gasteiger charge is -2.14. The van der Waals surface area contributed by atoms with Crippen molar-refractivity contribution in [3.63, 3.8) is 0 Å². The summed E-state index contributed by atoms with van der Waals surface area (Å²) >= 11 is 0. The Kier molecular flexibility index (Phi) is 2.84.